The van der Waals surface area contributed by atoms with Crippen LogP contribution in [0.4, 0.5) is 4.39 Å². The summed E-state index contributed by atoms with van der Waals surface area (Å²) in [6, 6.07) is 13.3. The van der Waals surface area contributed by atoms with Crippen molar-refractivity contribution in [1.29, 1.82) is 0 Å². The van der Waals surface area contributed by atoms with Crippen molar-refractivity contribution in [2.75, 3.05) is 7.11 Å². The zero-order valence-electron chi connectivity index (χ0n) is 12.9. The molecular weight excluding hydrogens is 313 g/mol. The van der Waals surface area contributed by atoms with E-state index in [-0.39, 0.29) is 18.1 Å². The highest BCUT2D eigenvalue weighted by Gasteiger charge is 2.15. The number of esters is 1. The smallest absolute Gasteiger partial charge is 0.341 e. The minimum Gasteiger partial charge on any atom is -0.497 e. The molecule has 0 spiro atoms. The van der Waals surface area contributed by atoms with E-state index in [0.29, 0.717) is 11.5 Å². The van der Waals surface area contributed by atoms with Crippen molar-refractivity contribution in [3.8, 4) is 17.1 Å². The van der Waals surface area contributed by atoms with Crippen molar-refractivity contribution < 1.29 is 23.1 Å². The molecule has 24 heavy (non-hydrogen) atoms. The molecule has 0 aliphatic carbocycles. The van der Waals surface area contributed by atoms with Gasteiger partial charge in [0.25, 0.3) is 0 Å². The van der Waals surface area contributed by atoms with E-state index in [2.05, 4.69) is 4.98 Å². The molecule has 2 aromatic carbocycles. The van der Waals surface area contributed by atoms with E-state index in [4.69, 9.17) is 13.9 Å². The van der Waals surface area contributed by atoms with Gasteiger partial charge in [0, 0.05) is 11.6 Å². The number of carbonyl (C=O) groups is 1. The number of halogens is 1. The topological polar surface area (TPSA) is 61.6 Å². The van der Waals surface area contributed by atoms with E-state index in [1.807, 2.05) is 30.3 Å². The van der Waals surface area contributed by atoms with Gasteiger partial charge in [-0.3, -0.25) is 0 Å². The molecule has 1 aromatic heterocycles. The van der Waals surface area contributed by atoms with Gasteiger partial charge in [-0.25, -0.2) is 14.2 Å². The van der Waals surface area contributed by atoms with E-state index < -0.39 is 11.8 Å². The lowest BCUT2D eigenvalue weighted by atomic mass is 10.2. The van der Waals surface area contributed by atoms with E-state index in [9.17, 15) is 9.18 Å². The summed E-state index contributed by atoms with van der Waals surface area (Å²) in [4.78, 5) is 16.0. The Balaban J connectivity index is 1.66. The lowest BCUT2D eigenvalue weighted by Crippen LogP contribution is -2.07. The quantitative estimate of drug-likeness (QED) is 0.666. The van der Waals surface area contributed by atoms with Gasteiger partial charge in [-0.2, -0.15) is 0 Å². The first-order valence-corrected chi connectivity index (χ1v) is 7.18. The highest BCUT2D eigenvalue weighted by atomic mass is 19.1. The molecule has 0 atom stereocenters. The van der Waals surface area contributed by atoms with E-state index >= 15 is 0 Å². The average molecular weight is 327 g/mol. The molecule has 0 fully saturated rings. The van der Waals surface area contributed by atoms with Crippen LogP contribution in [0.15, 0.2) is 59.1 Å². The second kappa shape index (κ2) is 6.95. The molecule has 0 amide bonds. The number of rotatable bonds is 5. The van der Waals surface area contributed by atoms with Crippen molar-refractivity contribution in [1.82, 2.24) is 4.98 Å². The minimum atomic E-state index is -0.797. The molecule has 5 nitrogen and oxygen atoms in total. The van der Waals surface area contributed by atoms with Gasteiger partial charge in [0.2, 0.25) is 5.89 Å². The van der Waals surface area contributed by atoms with Crippen molar-refractivity contribution in [3.05, 3.63) is 72.0 Å². The number of ether oxygens (including phenoxy) is 2. The zero-order valence-corrected chi connectivity index (χ0v) is 12.9. The van der Waals surface area contributed by atoms with Crippen molar-refractivity contribution >= 4 is 5.97 Å². The Morgan fingerprint density at radius 2 is 2.00 bits per heavy atom. The Hall–Kier alpha value is -3.15. The molecule has 0 aliphatic heterocycles. The number of oxazole rings is 1. The van der Waals surface area contributed by atoms with Gasteiger partial charge in [0.05, 0.1) is 18.9 Å². The van der Waals surface area contributed by atoms with Crippen LogP contribution in [0, 0.1) is 5.82 Å². The first-order chi connectivity index (χ1) is 11.7. The van der Waals surface area contributed by atoms with Gasteiger partial charge in [-0.15, -0.1) is 0 Å². The zero-order chi connectivity index (χ0) is 16.9. The fourth-order valence-electron chi connectivity index (χ4n) is 2.11. The predicted molar refractivity (Wildman–Crippen MR) is 84.0 cm³/mol. The molecule has 0 saturated carbocycles. The Kier molecular flexibility index (Phi) is 4.56. The van der Waals surface area contributed by atoms with Crippen molar-refractivity contribution in [3.63, 3.8) is 0 Å². The summed E-state index contributed by atoms with van der Waals surface area (Å²) in [6.07, 6.45) is 1.55. The van der Waals surface area contributed by atoms with Crippen LogP contribution in [0.3, 0.4) is 0 Å². The molecule has 0 saturated heterocycles. The lowest BCUT2D eigenvalue weighted by Gasteiger charge is -2.05. The number of aromatic nitrogens is 1. The molecule has 1 heterocycles. The summed E-state index contributed by atoms with van der Waals surface area (Å²) in [5.74, 6) is -0.385. The average Bonchev–Trinajstić information content (AvgIpc) is 3.09. The maximum atomic E-state index is 13.8. The second-order valence-electron chi connectivity index (χ2n) is 4.91. The van der Waals surface area contributed by atoms with Crippen LogP contribution in [0.25, 0.3) is 11.3 Å². The molecule has 0 N–H and O–H groups in total. The third kappa shape index (κ3) is 3.43. The second-order valence-corrected chi connectivity index (χ2v) is 4.91. The van der Waals surface area contributed by atoms with Gasteiger partial charge < -0.3 is 13.9 Å². The first kappa shape index (κ1) is 15.7. The van der Waals surface area contributed by atoms with Crippen LogP contribution in [-0.2, 0) is 11.3 Å². The fraction of sp³-hybridized carbons (Fsp3) is 0.111. The SMILES string of the molecule is COc1ccc(C(=O)OCc2ncc(-c3ccccc3)o2)c(F)c1. The monoisotopic (exact) mass is 327 g/mol. The highest BCUT2D eigenvalue weighted by molar-refractivity contribution is 5.89. The standard InChI is InChI=1S/C18H14FNO4/c1-22-13-7-8-14(15(19)9-13)18(21)23-11-17-20-10-16(24-17)12-5-3-2-4-6-12/h2-10H,11H2,1H3. The number of hydrogen-bond acceptors (Lipinski definition) is 5. The van der Waals surface area contributed by atoms with Crippen LogP contribution >= 0.6 is 0 Å². The Morgan fingerprint density at radius 1 is 1.21 bits per heavy atom. The van der Waals surface area contributed by atoms with Gasteiger partial charge in [0.1, 0.15) is 11.6 Å². The van der Waals surface area contributed by atoms with Crippen molar-refractivity contribution in [2.45, 2.75) is 6.61 Å². The highest BCUT2D eigenvalue weighted by Crippen LogP contribution is 2.21. The van der Waals surface area contributed by atoms with Crippen LogP contribution in [0.5, 0.6) is 5.75 Å². The molecule has 0 unspecified atom stereocenters. The van der Waals surface area contributed by atoms with Crippen molar-refractivity contribution in [2.24, 2.45) is 0 Å². The minimum absolute atomic E-state index is 0.175. The summed E-state index contributed by atoms with van der Waals surface area (Å²) < 4.78 is 29.3. The summed E-state index contributed by atoms with van der Waals surface area (Å²) in [7, 11) is 1.42. The third-order valence-corrected chi connectivity index (χ3v) is 3.33. The number of nitrogens with zero attached hydrogens (tertiary/aromatic N) is 1. The molecule has 3 rings (SSSR count). The molecule has 122 valence electrons. The normalized spacial score (nSPS) is 10.4. The van der Waals surface area contributed by atoms with Gasteiger partial charge in [0.15, 0.2) is 12.4 Å². The lowest BCUT2D eigenvalue weighted by molar-refractivity contribution is 0.0433. The number of methoxy groups -OCH3 is 1. The molecule has 3 aromatic rings. The summed E-state index contributed by atoms with van der Waals surface area (Å²) in [5, 5.41) is 0. The van der Waals surface area contributed by atoms with Crippen LogP contribution in [-0.4, -0.2) is 18.1 Å². The molecular formula is C18H14FNO4. The fourth-order valence-corrected chi connectivity index (χ4v) is 2.11. The summed E-state index contributed by atoms with van der Waals surface area (Å²) in [6.45, 7) is -0.183. The molecule has 0 aliphatic rings. The molecule has 0 bridgehead atoms. The largest absolute Gasteiger partial charge is 0.497 e. The Morgan fingerprint density at radius 3 is 2.71 bits per heavy atom. The third-order valence-electron chi connectivity index (χ3n) is 3.33. The Labute approximate surface area is 137 Å². The van der Waals surface area contributed by atoms with Crippen LogP contribution in [0.1, 0.15) is 16.2 Å². The Bertz CT molecular complexity index is 845. The number of benzene rings is 2. The first-order valence-electron chi connectivity index (χ1n) is 7.18. The maximum absolute atomic E-state index is 13.8. The van der Waals surface area contributed by atoms with Crippen LogP contribution < -0.4 is 4.74 Å². The number of carbonyl (C=O) groups excluding carboxylic acids is 1. The predicted octanol–water partition coefficient (Wildman–Crippen LogP) is 3.85. The van der Waals surface area contributed by atoms with E-state index in [1.165, 1.54) is 19.2 Å². The van der Waals surface area contributed by atoms with Gasteiger partial charge >= 0.3 is 5.97 Å². The summed E-state index contributed by atoms with van der Waals surface area (Å²) in [5.41, 5.74) is 0.689. The van der Waals surface area contributed by atoms with Gasteiger partial charge in [-0.05, 0) is 12.1 Å². The van der Waals surface area contributed by atoms with E-state index in [1.54, 1.807) is 6.20 Å². The molecule has 6 heteroatoms. The number of hydrogen-bond donors (Lipinski definition) is 0. The van der Waals surface area contributed by atoms with Crippen LogP contribution in [0.2, 0.25) is 0 Å². The molecule has 0 radical (unpaired) electrons. The summed E-state index contributed by atoms with van der Waals surface area (Å²) >= 11 is 0. The maximum Gasteiger partial charge on any atom is 0.341 e. The van der Waals surface area contributed by atoms with Gasteiger partial charge in [-0.1, -0.05) is 30.3 Å². The van der Waals surface area contributed by atoms with E-state index in [0.717, 1.165) is 11.6 Å².